The van der Waals surface area contributed by atoms with Gasteiger partial charge in [0.05, 0.1) is 6.54 Å². The maximum absolute atomic E-state index is 11.8. The fourth-order valence-electron chi connectivity index (χ4n) is 1.92. The zero-order chi connectivity index (χ0) is 18.1. The van der Waals surface area contributed by atoms with Gasteiger partial charge in [0.1, 0.15) is 17.9 Å². The summed E-state index contributed by atoms with van der Waals surface area (Å²) in [6.45, 7) is 1.66. The minimum absolute atomic E-state index is 0.0373. The van der Waals surface area contributed by atoms with E-state index in [-0.39, 0.29) is 24.6 Å². The van der Waals surface area contributed by atoms with Crippen molar-refractivity contribution in [1.82, 2.24) is 10.3 Å². The SMILES string of the molecule is CC(=O)Nc1cccc(OCC#CCNC(=O)c2ccc[nH]c2=O)c1. The fraction of sp³-hybridized carbons (Fsp3) is 0.167. The molecule has 0 aliphatic rings. The molecule has 7 heteroatoms. The van der Waals surface area contributed by atoms with Gasteiger partial charge in [-0.25, -0.2) is 0 Å². The number of amides is 2. The van der Waals surface area contributed by atoms with Crippen LogP contribution in [0.3, 0.4) is 0 Å². The van der Waals surface area contributed by atoms with Gasteiger partial charge in [-0.15, -0.1) is 0 Å². The summed E-state index contributed by atoms with van der Waals surface area (Å²) in [7, 11) is 0. The van der Waals surface area contributed by atoms with Gasteiger partial charge in [0.25, 0.3) is 11.5 Å². The van der Waals surface area contributed by atoms with E-state index in [1.165, 1.54) is 19.2 Å². The molecule has 7 nitrogen and oxygen atoms in total. The molecule has 2 aromatic rings. The van der Waals surface area contributed by atoms with Crippen LogP contribution in [0.25, 0.3) is 0 Å². The van der Waals surface area contributed by atoms with E-state index in [2.05, 4.69) is 27.5 Å². The van der Waals surface area contributed by atoms with Gasteiger partial charge in [0, 0.05) is 24.9 Å². The van der Waals surface area contributed by atoms with Gasteiger partial charge in [0.2, 0.25) is 5.91 Å². The van der Waals surface area contributed by atoms with Crippen molar-refractivity contribution in [2.24, 2.45) is 0 Å². The summed E-state index contributed by atoms with van der Waals surface area (Å²) in [5, 5.41) is 5.19. The van der Waals surface area contributed by atoms with E-state index in [1.54, 1.807) is 30.3 Å². The smallest absolute Gasteiger partial charge is 0.260 e. The molecule has 0 unspecified atom stereocenters. The number of pyridine rings is 1. The van der Waals surface area contributed by atoms with Crippen LogP contribution >= 0.6 is 0 Å². The lowest BCUT2D eigenvalue weighted by Crippen LogP contribution is -2.29. The predicted molar refractivity (Wildman–Crippen MR) is 93.4 cm³/mol. The van der Waals surface area contributed by atoms with E-state index < -0.39 is 11.5 Å². The Labute approximate surface area is 144 Å². The van der Waals surface area contributed by atoms with Gasteiger partial charge >= 0.3 is 0 Å². The molecule has 25 heavy (non-hydrogen) atoms. The number of H-pyrrole nitrogens is 1. The van der Waals surface area contributed by atoms with Crippen molar-refractivity contribution in [3.8, 4) is 17.6 Å². The molecule has 1 aromatic carbocycles. The second-order valence-corrected chi connectivity index (χ2v) is 4.95. The zero-order valence-corrected chi connectivity index (χ0v) is 13.6. The number of hydrogen-bond donors (Lipinski definition) is 3. The van der Waals surface area contributed by atoms with Crippen LogP contribution in [0.2, 0.25) is 0 Å². The number of rotatable bonds is 5. The van der Waals surface area contributed by atoms with Crippen LogP contribution in [0.5, 0.6) is 5.75 Å². The molecule has 0 atom stereocenters. The van der Waals surface area contributed by atoms with Crippen LogP contribution in [0, 0.1) is 11.8 Å². The van der Waals surface area contributed by atoms with Crippen molar-refractivity contribution < 1.29 is 14.3 Å². The summed E-state index contributed by atoms with van der Waals surface area (Å²) in [5.74, 6) is 5.41. The van der Waals surface area contributed by atoms with Crippen LogP contribution in [-0.2, 0) is 4.79 Å². The second-order valence-electron chi connectivity index (χ2n) is 4.95. The highest BCUT2D eigenvalue weighted by Crippen LogP contribution is 2.16. The zero-order valence-electron chi connectivity index (χ0n) is 13.6. The van der Waals surface area contributed by atoms with Gasteiger partial charge in [-0.1, -0.05) is 17.9 Å². The number of anilines is 1. The summed E-state index contributed by atoms with van der Waals surface area (Å²) in [6, 6.07) is 9.95. The largest absolute Gasteiger partial charge is 0.481 e. The van der Waals surface area contributed by atoms with Gasteiger partial charge in [-0.3, -0.25) is 14.4 Å². The molecule has 1 aromatic heterocycles. The van der Waals surface area contributed by atoms with Crippen LogP contribution < -0.4 is 20.9 Å². The second kappa shape index (κ2) is 8.93. The molecule has 1 heterocycles. The number of aromatic nitrogens is 1. The molecular formula is C18H17N3O4. The quantitative estimate of drug-likeness (QED) is 0.711. The Kier molecular flexibility index (Phi) is 6.37. The third kappa shape index (κ3) is 5.88. The first kappa shape index (κ1) is 17.8. The first-order valence-corrected chi connectivity index (χ1v) is 7.48. The van der Waals surface area contributed by atoms with Crippen LogP contribution in [0.1, 0.15) is 17.3 Å². The molecule has 0 fully saturated rings. The summed E-state index contributed by atoms with van der Waals surface area (Å²) in [6.07, 6.45) is 1.46. The number of benzene rings is 1. The Morgan fingerprint density at radius 1 is 1.20 bits per heavy atom. The number of carbonyl (C=O) groups is 2. The topological polar surface area (TPSA) is 100 Å². The molecule has 0 saturated heterocycles. The first-order valence-electron chi connectivity index (χ1n) is 7.48. The average molecular weight is 339 g/mol. The minimum Gasteiger partial charge on any atom is -0.481 e. The fourth-order valence-corrected chi connectivity index (χ4v) is 1.92. The highest BCUT2D eigenvalue weighted by atomic mass is 16.5. The van der Waals surface area contributed by atoms with Crippen molar-refractivity contribution in [3.63, 3.8) is 0 Å². The lowest BCUT2D eigenvalue weighted by atomic mass is 10.2. The number of aromatic amines is 1. The van der Waals surface area contributed by atoms with Crippen molar-refractivity contribution in [1.29, 1.82) is 0 Å². The lowest BCUT2D eigenvalue weighted by molar-refractivity contribution is -0.114. The van der Waals surface area contributed by atoms with E-state index in [0.29, 0.717) is 11.4 Å². The Hall–Kier alpha value is -3.53. The van der Waals surface area contributed by atoms with Crippen LogP contribution in [0.15, 0.2) is 47.4 Å². The molecule has 2 rings (SSSR count). The molecule has 0 bridgehead atoms. The van der Waals surface area contributed by atoms with E-state index in [4.69, 9.17) is 4.74 Å². The molecule has 0 spiro atoms. The molecule has 128 valence electrons. The van der Waals surface area contributed by atoms with Gasteiger partial charge in [0.15, 0.2) is 0 Å². The maximum atomic E-state index is 11.8. The summed E-state index contributed by atoms with van der Waals surface area (Å²) in [5.41, 5.74) is 0.226. The monoisotopic (exact) mass is 339 g/mol. The Bertz CT molecular complexity index is 877. The lowest BCUT2D eigenvalue weighted by Gasteiger charge is -2.05. The summed E-state index contributed by atoms with van der Waals surface area (Å²) in [4.78, 5) is 36.7. The predicted octanol–water partition coefficient (Wildman–Crippen LogP) is 1.15. The summed E-state index contributed by atoms with van der Waals surface area (Å²) >= 11 is 0. The van der Waals surface area contributed by atoms with Gasteiger partial charge in [-0.2, -0.15) is 0 Å². The molecule has 0 aliphatic carbocycles. The number of nitrogens with one attached hydrogen (secondary N) is 3. The van der Waals surface area contributed by atoms with E-state index in [9.17, 15) is 14.4 Å². The molecular weight excluding hydrogens is 322 g/mol. The van der Waals surface area contributed by atoms with E-state index in [0.717, 1.165) is 0 Å². The number of hydrogen-bond acceptors (Lipinski definition) is 4. The Morgan fingerprint density at radius 2 is 2.04 bits per heavy atom. The maximum Gasteiger partial charge on any atom is 0.260 e. The van der Waals surface area contributed by atoms with Crippen molar-refractivity contribution in [3.05, 3.63) is 58.5 Å². The summed E-state index contributed by atoms with van der Waals surface area (Å²) < 4.78 is 5.45. The van der Waals surface area contributed by atoms with Gasteiger partial charge in [-0.05, 0) is 24.3 Å². The Morgan fingerprint density at radius 3 is 2.80 bits per heavy atom. The number of carbonyl (C=O) groups excluding carboxylic acids is 2. The van der Waals surface area contributed by atoms with Crippen LogP contribution in [0.4, 0.5) is 5.69 Å². The van der Waals surface area contributed by atoms with E-state index >= 15 is 0 Å². The third-order valence-corrected chi connectivity index (χ3v) is 2.99. The number of ether oxygens (including phenoxy) is 1. The molecule has 0 radical (unpaired) electrons. The van der Waals surface area contributed by atoms with Gasteiger partial charge < -0.3 is 20.4 Å². The van der Waals surface area contributed by atoms with Crippen molar-refractivity contribution in [2.45, 2.75) is 6.92 Å². The highest BCUT2D eigenvalue weighted by molar-refractivity contribution is 5.93. The van der Waals surface area contributed by atoms with E-state index in [1.807, 2.05) is 0 Å². The molecule has 0 saturated carbocycles. The standard InChI is InChI=1S/C18H17N3O4/c1-13(22)21-14-6-4-7-15(12-14)25-11-3-2-9-19-17(23)16-8-5-10-20-18(16)24/h4-8,10,12H,9,11H2,1H3,(H,19,23)(H,20,24)(H,21,22). The molecule has 3 N–H and O–H groups in total. The normalized spacial score (nSPS) is 9.48. The van der Waals surface area contributed by atoms with Crippen molar-refractivity contribution in [2.75, 3.05) is 18.5 Å². The van der Waals surface area contributed by atoms with Crippen molar-refractivity contribution >= 4 is 17.5 Å². The highest BCUT2D eigenvalue weighted by Gasteiger charge is 2.07. The Balaban J connectivity index is 1.78. The van der Waals surface area contributed by atoms with Crippen LogP contribution in [-0.4, -0.2) is 29.9 Å². The third-order valence-electron chi connectivity index (χ3n) is 2.99. The average Bonchev–Trinajstić information content (AvgIpc) is 2.58. The minimum atomic E-state index is -0.486. The molecule has 2 amide bonds. The first-order chi connectivity index (χ1) is 12.1. The molecule has 0 aliphatic heterocycles.